The number of halogens is 2. The normalized spacial score (nSPS) is 13.6. The Kier molecular flexibility index (Phi) is 6.81. The fourth-order valence-electron chi connectivity index (χ4n) is 0.331. The summed E-state index contributed by atoms with van der Waals surface area (Å²) in [6.07, 6.45) is 2.89. The second kappa shape index (κ2) is 6.38. The lowest BCUT2D eigenvalue weighted by atomic mass is 10.5. The molecule has 10 heavy (non-hydrogen) atoms. The smallest absolute Gasteiger partial charge is 0.130 e. The van der Waals surface area contributed by atoms with Crippen molar-refractivity contribution in [2.75, 3.05) is 7.05 Å². The van der Waals surface area contributed by atoms with Crippen LogP contribution in [0.3, 0.4) is 0 Å². The molecule has 0 bridgehead atoms. The van der Waals surface area contributed by atoms with Gasteiger partial charge in [0.05, 0.1) is 0 Å². The third-order valence-electron chi connectivity index (χ3n) is 0.788. The predicted molar refractivity (Wildman–Crippen MR) is 62.9 cm³/mol. The highest BCUT2D eigenvalue weighted by Crippen LogP contribution is 2.16. The van der Waals surface area contributed by atoms with Gasteiger partial charge in [0.15, 0.2) is 0 Å². The van der Waals surface area contributed by atoms with E-state index in [1.54, 1.807) is 0 Å². The number of aliphatic imine (C=N–C) groups is 1. The molecule has 0 atom stereocenters. The summed E-state index contributed by atoms with van der Waals surface area (Å²) in [7, 11) is 1.89. The summed E-state index contributed by atoms with van der Waals surface area (Å²) in [5.74, 6) is 0. The summed E-state index contributed by atoms with van der Waals surface area (Å²) in [5.41, 5.74) is 0. The van der Waals surface area contributed by atoms with Crippen LogP contribution < -0.4 is 5.32 Å². The minimum absolute atomic E-state index is 0.986. The van der Waals surface area contributed by atoms with Crippen molar-refractivity contribution < 1.29 is 0 Å². The molecular weight excluding hydrogens is 354 g/mol. The van der Waals surface area contributed by atoms with Crippen molar-refractivity contribution in [3.8, 4) is 0 Å². The van der Waals surface area contributed by atoms with Crippen molar-refractivity contribution in [3.05, 3.63) is 7.41 Å². The van der Waals surface area contributed by atoms with E-state index in [9.17, 15) is 0 Å². The zero-order valence-corrected chi connectivity index (χ0v) is 10.3. The molecule has 0 saturated carbocycles. The first-order chi connectivity index (χ1) is 4.72. The van der Waals surface area contributed by atoms with Crippen LogP contribution in [-0.4, -0.2) is 13.3 Å². The highest BCUT2D eigenvalue weighted by Gasteiger charge is 1.92. The molecule has 58 valence electrons. The number of hydrogen-bond acceptors (Lipinski definition) is 2. The van der Waals surface area contributed by atoms with Gasteiger partial charge in [0.1, 0.15) is 7.41 Å². The molecule has 0 aromatic heterocycles. The molecule has 0 heterocycles. The summed E-state index contributed by atoms with van der Waals surface area (Å²) >= 11 is 4.42. The van der Waals surface area contributed by atoms with Gasteiger partial charge in [-0.3, -0.25) is 4.99 Å². The monoisotopic (exact) mass is 364 g/mol. The average molecular weight is 364 g/mol. The van der Waals surface area contributed by atoms with Crippen molar-refractivity contribution in [1.29, 1.82) is 0 Å². The van der Waals surface area contributed by atoms with E-state index in [4.69, 9.17) is 0 Å². The van der Waals surface area contributed by atoms with Crippen LogP contribution in [0.2, 0.25) is 0 Å². The quantitative estimate of drug-likeness (QED) is 0.465. The fraction of sp³-hybridized carbons (Fsp3) is 0.500. The SMILES string of the molecule is CC/C=N\C(I)=C(\I)NC. The van der Waals surface area contributed by atoms with Gasteiger partial charge < -0.3 is 5.32 Å². The third-order valence-corrected chi connectivity index (χ3v) is 3.69. The minimum atomic E-state index is 0.986. The number of nitrogens with one attached hydrogen (secondary N) is 1. The molecule has 0 amide bonds. The molecular formula is C6H10I2N2. The molecule has 2 nitrogen and oxygen atoms in total. The third kappa shape index (κ3) is 4.48. The first-order valence-electron chi connectivity index (χ1n) is 2.98. The Bertz CT molecular complexity index is 152. The van der Waals surface area contributed by atoms with Crippen LogP contribution >= 0.6 is 45.2 Å². The molecule has 0 aromatic carbocycles. The van der Waals surface area contributed by atoms with Crippen molar-refractivity contribution in [3.63, 3.8) is 0 Å². The van der Waals surface area contributed by atoms with Gasteiger partial charge >= 0.3 is 0 Å². The summed E-state index contributed by atoms with van der Waals surface area (Å²) in [6, 6.07) is 0. The van der Waals surface area contributed by atoms with E-state index in [2.05, 4.69) is 62.4 Å². The van der Waals surface area contributed by atoms with Crippen LogP contribution in [0.25, 0.3) is 0 Å². The lowest BCUT2D eigenvalue weighted by molar-refractivity contribution is 1.08. The summed E-state index contributed by atoms with van der Waals surface area (Å²) < 4.78 is 2.10. The maximum atomic E-state index is 4.18. The molecule has 0 spiro atoms. The van der Waals surface area contributed by atoms with Crippen LogP contribution in [0.15, 0.2) is 12.4 Å². The van der Waals surface area contributed by atoms with E-state index in [1.165, 1.54) is 0 Å². The first kappa shape index (κ1) is 10.7. The van der Waals surface area contributed by atoms with E-state index in [-0.39, 0.29) is 0 Å². The Balaban J connectivity index is 4.04. The lowest BCUT2D eigenvalue weighted by Gasteiger charge is -1.96. The standard InChI is InChI=1S/C6H10I2N2/c1-3-4-10-6(8)5(7)9-2/h4,9H,3H2,1-2H3/b6-5-,10-4-. The van der Waals surface area contributed by atoms with E-state index in [0.717, 1.165) is 13.8 Å². The Morgan fingerprint density at radius 1 is 1.60 bits per heavy atom. The Morgan fingerprint density at radius 2 is 2.20 bits per heavy atom. The van der Waals surface area contributed by atoms with Crippen LogP contribution in [0, 0.1) is 0 Å². The molecule has 0 unspecified atom stereocenters. The van der Waals surface area contributed by atoms with E-state index in [1.807, 2.05) is 13.3 Å². The first-order valence-corrected chi connectivity index (χ1v) is 5.13. The number of rotatable bonds is 3. The zero-order valence-electron chi connectivity index (χ0n) is 5.99. The van der Waals surface area contributed by atoms with Crippen molar-refractivity contribution in [2.24, 2.45) is 4.99 Å². The molecule has 0 fully saturated rings. The van der Waals surface area contributed by atoms with Gasteiger partial charge in [-0.1, -0.05) is 6.92 Å². The van der Waals surface area contributed by atoms with E-state index < -0.39 is 0 Å². The summed E-state index contributed by atoms with van der Waals surface area (Å²) in [6.45, 7) is 2.07. The minimum Gasteiger partial charge on any atom is -0.381 e. The maximum Gasteiger partial charge on any atom is 0.130 e. The second-order valence-electron chi connectivity index (χ2n) is 1.57. The van der Waals surface area contributed by atoms with Crippen LogP contribution in [0.5, 0.6) is 0 Å². The topological polar surface area (TPSA) is 24.4 Å². The lowest BCUT2D eigenvalue weighted by Crippen LogP contribution is -1.99. The maximum absolute atomic E-state index is 4.18. The molecule has 0 rings (SSSR count). The van der Waals surface area contributed by atoms with Gasteiger partial charge in [-0.05, 0) is 51.6 Å². The molecule has 0 aliphatic heterocycles. The summed E-state index contributed by atoms with van der Waals surface area (Å²) in [4.78, 5) is 4.18. The van der Waals surface area contributed by atoms with Gasteiger partial charge in [-0.2, -0.15) is 0 Å². The molecule has 0 saturated heterocycles. The highest BCUT2D eigenvalue weighted by atomic mass is 127. The van der Waals surface area contributed by atoms with Crippen LogP contribution in [-0.2, 0) is 0 Å². The molecule has 0 aromatic rings. The second-order valence-corrected chi connectivity index (χ2v) is 3.68. The van der Waals surface area contributed by atoms with Crippen LogP contribution in [0.4, 0.5) is 0 Å². The van der Waals surface area contributed by atoms with Gasteiger partial charge in [0.25, 0.3) is 0 Å². The van der Waals surface area contributed by atoms with E-state index >= 15 is 0 Å². The fourth-order valence-corrected chi connectivity index (χ4v) is 0.937. The Hall–Kier alpha value is 0.670. The predicted octanol–water partition coefficient (Wildman–Crippen LogP) is 2.68. The molecule has 4 heteroatoms. The molecule has 0 aliphatic carbocycles. The largest absolute Gasteiger partial charge is 0.381 e. The van der Waals surface area contributed by atoms with Gasteiger partial charge in [0.2, 0.25) is 0 Å². The van der Waals surface area contributed by atoms with Crippen LogP contribution in [0.1, 0.15) is 13.3 Å². The highest BCUT2D eigenvalue weighted by molar-refractivity contribution is 14.1. The van der Waals surface area contributed by atoms with Gasteiger partial charge in [-0.15, -0.1) is 0 Å². The van der Waals surface area contributed by atoms with Gasteiger partial charge in [-0.25, -0.2) is 0 Å². The number of hydrogen-bond donors (Lipinski definition) is 1. The Labute approximate surface area is 88.8 Å². The molecule has 0 radical (unpaired) electrons. The molecule has 1 N–H and O–H groups in total. The number of nitrogens with zero attached hydrogens (tertiary/aromatic N) is 1. The van der Waals surface area contributed by atoms with Crippen molar-refractivity contribution in [2.45, 2.75) is 13.3 Å². The van der Waals surface area contributed by atoms with Crippen molar-refractivity contribution in [1.82, 2.24) is 5.32 Å². The summed E-state index contributed by atoms with van der Waals surface area (Å²) in [5, 5.41) is 3.02. The van der Waals surface area contributed by atoms with Gasteiger partial charge in [0, 0.05) is 13.3 Å². The zero-order chi connectivity index (χ0) is 7.98. The Morgan fingerprint density at radius 3 is 2.60 bits per heavy atom. The van der Waals surface area contributed by atoms with Crippen molar-refractivity contribution >= 4 is 51.4 Å². The molecule has 0 aliphatic rings. The average Bonchev–Trinajstić information content (AvgIpc) is 1.98. The van der Waals surface area contributed by atoms with E-state index in [0.29, 0.717) is 0 Å².